The smallest absolute Gasteiger partial charge is 0.226 e. The Morgan fingerprint density at radius 1 is 1.29 bits per heavy atom. The second-order valence-corrected chi connectivity index (χ2v) is 8.88. The summed E-state index contributed by atoms with van der Waals surface area (Å²) in [4.78, 5) is 0. The molecule has 1 heterocycles. The predicted octanol–water partition coefficient (Wildman–Crippen LogP) is -0.561. The molecular weight excluding hydrogens is 264 g/mol. The molecule has 2 atom stereocenters. The Balaban J connectivity index is 2.57. The van der Waals surface area contributed by atoms with E-state index in [0.29, 0.717) is 0 Å². The molecule has 0 aromatic rings. The molecule has 1 rings (SSSR count). The summed E-state index contributed by atoms with van der Waals surface area (Å²) in [6.45, 7) is 2.63. The zero-order chi connectivity index (χ0) is 13.1. The quantitative estimate of drug-likeness (QED) is 0.706. The van der Waals surface area contributed by atoms with Crippen molar-refractivity contribution in [2.75, 3.05) is 17.9 Å². The third-order valence-electron chi connectivity index (χ3n) is 2.69. The Morgan fingerprint density at radius 2 is 1.94 bits per heavy atom. The minimum atomic E-state index is -3.77. The van der Waals surface area contributed by atoms with E-state index >= 15 is 0 Å². The fraction of sp³-hybridized carbons (Fsp3) is 1.00. The van der Waals surface area contributed by atoms with Crippen LogP contribution in [0.3, 0.4) is 0 Å². The average molecular weight is 284 g/mol. The van der Waals surface area contributed by atoms with E-state index < -0.39 is 24.9 Å². The van der Waals surface area contributed by atoms with Gasteiger partial charge < -0.3 is 5.32 Å². The van der Waals surface area contributed by atoms with Crippen LogP contribution in [0.5, 0.6) is 0 Å². The fourth-order valence-corrected chi connectivity index (χ4v) is 5.24. The highest BCUT2D eigenvalue weighted by Gasteiger charge is 2.25. The van der Waals surface area contributed by atoms with Gasteiger partial charge in [0.2, 0.25) is 10.0 Å². The minimum absolute atomic E-state index is 0.0816. The Bertz CT molecular complexity index is 438. The molecule has 0 saturated carbocycles. The van der Waals surface area contributed by atoms with E-state index in [1.54, 1.807) is 6.92 Å². The molecule has 2 N–H and O–H groups in total. The zero-order valence-corrected chi connectivity index (χ0v) is 11.8. The molecule has 1 fully saturated rings. The van der Waals surface area contributed by atoms with Crippen molar-refractivity contribution < 1.29 is 16.8 Å². The van der Waals surface area contributed by atoms with E-state index in [1.165, 1.54) is 0 Å². The second kappa shape index (κ2) is 5.64. The molecule has 0 amide bonds. The topological polar surface area (TPSA) is 92.3 Å². The fourth-order valence-electron chi connectivity index (χ4n) is 1.99. The Kier molecular flexibility index (Phi) is 4.94. The summed E-state index contributed by atoms with van der Waals surface area (Å²) >= 11 is 0. The summed E-state index contributed by atoms with van der Waals surface area (Å²) in [5.41, 5.74) is 0. The van der Waals surface area contributed by atoms with Crippen molar-refractivity contribution in [2.24, 2.45) is 0 Å². The number of nitrogens with one attached hydrogen (secondary N) is 2. The van der Waals surface area contributed by atoms with E-state index in [9.17, 15) is 16.8 Å². The van der Waals surface area contributed by atoms with Crippen LogP contribution in [0.25, 0.3) is 0 Å². The van der Waals surface area contributed by atoms with Gasteiger partial charge in [0.1, 0.15) is 0 Å². The van der Waals surface area contributed by atoms with Gasteiger partial charge in [-0.1, -0.05) is 6.42 Å². The molecule has 6 nitrogen and oxygen atoms in total. The normalized spacial score (nSPS) is 24.5. The van der Waals surface area contributed by atoms with E-state index in [4.69, 9.17) is 0 Å². The standard InChI is InChI=1S/C9H20N2O4S2/c1-8(9-5-3-4-6-10-9)11-17(14,15)7-16(2,12)13/h8-11H,3-7H2,1-2H3. The summed E-state index contributed by atoms with van der Waals surface area (Å²) in [7, 11) is -7.29. The van der Waals surface area contributed by atoms with Crippen LogP contribution < -0.4 is 10.0 Å². The van der Waals surface area contributed by atoms with Crippen LogP contribution in [0.15, 0.2) is 0 Å². The summed E-state index contributed by atoms with van der Waals surface area (Å²) in [5, 5.41) is 2.38. The first-order valence-corrected chi connectivity index (χ1v) is 9.32. The van der Waals surface area contributed by atoms with Crippen molar-refractivity contribution in [1.82, 2.24) is 10.0 Å². The molecule has 0 spiro atoms. The van der Waals surface area contributed by atoms with Gasteiger partial charge in [-0.15, -0.1) is 0 Å². The van der Waals surface area contributed by atoms with Gasteiger partial charge in [-0.2, -0.15) is 0 Å². The number of sulfone groups is 1. The minimum Gasteiger partial charge on any atom is -0.312 e. The van der Waals surface area contributed by atoms with Crippen LogP contribution >= 0.6 is 0 Å². The number of hydrogen-bond acceptors (Lipinski definition) is 5. The first-order chi connectivity index (χ1) is 7.70. The molecule has 0 bridgehead atoms. The highest BCUT2D eigenvalue weighted by Crippen LogP contribution is 2.11. The summed E-state index contributed by atoms with van der Waals surface area (Å²) in [6, 6.07) is -0.208. The molecule has 8 heteroatoms. The van der Waals surface area contributed by atoms with Gasteiger partial charge in [0, 0.05) is 18.3 Å². The summed E-state index contributed by atoms with van der Waals surface area (Å²) in [5.74, 6) is 0. The third kappa shape index (κ3) is 5.80. The molecule has 17 heavy (non-hydrogen) atoms. The molecule has 1 aliphatic rings. The maximum absolute atomic E-state index is 11.6. The lowest BCUT2D eigenvalue weighted by Crippen LogP contribution is -2.50. The van der Waals surface area contributed by atoms with Crippen LogP contribution in [0.4, 0.5) is 0 Å². The molecule has 102 valence electrons. The van der Waals surface area contributed by atoms with Crippen LogP contribution in [-0.2, 0) is 19.9 Å². The van der Waals surface area contributed by atoms with Gasteiger partial charge in [-0.3, -0.25) is 0 Å². The molecule has 1 saturated heterocycles. The lowest BCUT2D eigenvalue weighted by molar-refractivity contribution is 0.347. The molecule has 0 radical (unpaired) electrons. The number of hydrogen-bond donors (Lipinski definition) is 2. The van der Waals surface area contributed by atoms with Crippen molar-refractivity contribution >= 4 is 19.9 Å². The van der Waals surface area contributed by atoms with Gasteiger partial charge in [-0.05, 0) is 26.3 Å². The van der Waals surface area contributed by atoms with Gasteiger partial charge in [0.05, 0.1) is 0 Å². The lowest BCUT2D eigenvalue weighted by Gasteiger charge is -2.29. The van der Waals surface area contributed by atoms with E-state index in [1.807, 2.05) is 0 Å². The predicted molar refractivity (Wildman–Crippen MR) is 66.9 cm³/mol. The van der Waals surface area contributed by atoms with Crippen LogP contribution in [-0.4, -0.2) is 46.8 Å². The monoisotopic (exact) mass is 284 g/mol. The average Bonchev–Trinajstić information content (AvgIpc) is 2.14. The molecule has 1 aliphatic heterocycles. The highest BCUT2D eigenvalue weighted by atomic mass is 32.3. The van der Waals surface area contributed by atoms with Crippen LogP contribution in [0.2, 0.25) is 0 Å². The van der Waals surface area contributed by atoms with E-state index in [0.717, 1.165) is 32.1 Å². The van der Waals surface area contributed by atoms with Crippen LogP contribution in [0, 0.1) is 0 Å². The third-order valence-corrected chi connectivity index (χ3v) is 6.37. The SMILES string of the molecule is CC(NS(=O)(=O)CS(C)(=O)=O)C1CCCCN1. The van der Waals surface area contributed by atoms with Crippen molar-refractivity contribution in [2.45, 2.75) is 38.3 Å². The Hall–Kier alpha value is -0.180. The maximum atomic E-state index is 11.6. The molecule has 0 aromatic carbocycles. The zero-order valence-electron chi connectivity index (χ0n) is 10.1. The number of piperidine rings is 1. The number of rotatable bonds is 5. The summed E-state index contributed by atoms with van der Waals surface area (Å²) in [6.07, 6.45) is 3.98. The number of sulfonamides is 1. The van der Waals surface area contributed by atoms with Gasteiger partial charge in [-0.25, -0.2) is 21.6 Å². The van der Waals surface area contributed by atoms with Crippen molar-refractivity contribution in [3.8, 4) is 0 Å². The van der Waals surface area contributed by atoms with Crippen LogP contribution in [0.1, 0.15) is 26.2 Å². The first-order valence-electron chi connectivity index (χ1n) is 5.61. The van der Waals surface area contributed by atoms with E-state index in [-0.39, 0.29) is 12.1 Å². The highest BCUT2D eigenvalue weighted by molar-refractivity contribution is 8.06. The second-order valence-electron chi connectivity index (χ2n) is 4.62. The Labute approximate surface area is 103 Å². The summed E-state index contributed by atoms with van der Waals surface area (Å²) < 4.78 is 47.5. The maximum Gasteiger partial charge on any atom is 0.226 e. The Morgan fingerprint density at radius 3 is 2.41 bits per heavy atom. The van der Waals surface area contributed by atoms with Crippen molar-refractivity contribution in [3.63, 3.8) is 0 Å². The molecule has 2 unspecified atom stereocenters. The first kappa shape index (κ1) is 14.9. The van der Waals surface area contributed by atoms with Crippen molar-refractivity contribution in [3.05, 3.63) is 0 Å². The molecular formula is C9H20N2O4S2. The molecule has 0 aromatic heterocycles. The van der Waals surface area contributed by atoms with Gasteiger partial charge >= 0.3 is 0 Å². The van der Waals surface area contributed by atoms with Gasteiger partial charge in [0.15, 0.2) is 14.9 Å². The van der Waals surface area contributed by atoms with Gasteiger partial charge in [0.25, 0.3) is 0 Å². The largest absolute Gasteiger partial charge is 0.312 e. The van der Waals surface area contributed by atoms with Crippen molar-refractivity contribution in [1.29, 1.82) is 0 Å². The van der Waals surface area contributed by atoms with E-state index in [2.05, 4.69) is 10.0 Å². The lowest BCUT2D eigenvalue weighted by atomic mass is 10.00. The molecule has 0 aliphatic carbocycles.